The van der Waals surface area contributed by atoms with Crippen LogP contribution >= 0.6 is 23.2 Å². The number of rotatable bonds is 5. The Labute approximate surface area is 113 Å². The monoisotopic (exact) mass is 274 g/mol. The summed E-state index contributed by atoms with van der Waals surface area (Å²) in [6, 6.07) is 5.94. The van der Waals surface area contributed by atoms with Crippen LogP contribution in [-0.4, -0.2) is 18.1 Å². The van der Waals surface area contributed by atoms with Crippen molar-refractivity contribution in [1.29, 1.82) is 0 Å². The van der Waals surface area contributed by atoms with Crippen molar-refractivity contribution in [1.82, 2.24) is 5.32 Å². The summed E-state index contributed by atoms with van der Waals surface area (Å²) in [6.07, 6.45) is 0.867. The van der Waals surface area contributed by atoms with E-state index in [2.05, 4.69) is 12.2 Å². The number of halogens is 2. The fourth-order valence-electron chi connectivity index (χ4n) is 1.53. The van der Waals surface area contributed by atoms with Gasteiger partial charge in [-0.1, -0.05) is 29.3 Å². The Kier molecular flexibility index (Phi) is 5.26. The maximum atomic E-state index is 6.13. The van der Waals surface area contributed by atoms with Gasteiger partial charge in [0, 0.05) is 28.2 Å². The molecule has 0 amide bonds. The quantitative estimate of drug-likeness (QED) is 0.865. The highest BCUT2D eigenvalue weighted by Gasteiger charge is 2.13. The van der Waals surface area contributed by atoms with E-state index in [1.807, 2.05) is 26.0 Å². The zero-order valence-corrected chi connectivity index (χ0v) is 12.1. The third-order valence-electron chi connectivity index (χ3n) is 2.45. The number of nitrogens with two attached hydrogens (primary N) is 1. The number of hydrogen-bond acceptors (Lipinski definition) is 2. The minimum atomic E-state index is -0.196. The molecule has 3 N–H and O–H groups in total. The summed E-state index contributed by atoms with van der Waals surface area (Å²) in [7, 11) is 0. The van der Waals surface area contributed by atoms with Gasteiger partial charge in [-0.15, -0.1) is 0 Å². The Hall–Kier alpha value is -0.280. The Morgan fingerprint density at radius 2 is 2.00 bits per heavy atom. The van der Waals surface area contributed by atoms with Crippen LogP contribution in [0.1, 0.15) is 26.3 Å². The molecule has 2 nitrogen and oxygen atoms in total. The van der Waals surface area contributed by atoms with Crippen molar-refractivity contribution < 1.29 is 0 Å². The van der Waals surface area contributed by atoms with Gasteiger partial charge in [-0.2, -0.15) is 0 Å². The lowest BCUT2D eigenvalue weighted by Gasteiger charge is -2.23. The van der Waals surface area contributed by atoms with Gasteiger partial charge in [0.25, 0.3) is 0 Å². The summed E-state index contributed by atoms with van der Waals surface area (Å²) >= 11 is 12.0. The second-order valence-corrected chi connectivity index (χ2v) is 6.05. The lowest BCUT2D eigenvalue weighted by Crippen LogP contribution is -2.46. The van der Waals surface area contributed by atoms with Crippen molar-refractivity contribution >= 4 is 23.2 Å². The van der Waals surface area contributed by atoms with Gasteiger partial charge in [-0.3, -0.25) is 0 Å². The summed E-state index contributed by atoms with van der Waals surface area (Å²) in [5.74, 6) is 0. The second-order valence-electron chi connectivity index (χ2n) is 5.21. The molecule has 0 fully saturated rings. The fraction of sp³-hybridized carbons (Fsp3) is 0.538. The van der Waals surface area contributed by atoms with Gasteiger partial charge in [0.05, 0.1) is 0 Å². The molecule has 1 aromatic carbocycles. The van der Waals surface area contributed by atoms with Crippen molar-refractivity contribution in [3.8, 4) is 0 Å². The lowest BCUT2D eigenvalue weighted by molar-refractivity contribution is 0.427. The number of benzene rings is 1. The lowest BCUT2D eigenvalue weighted by atomic mass is 10.0. The van der Waals surface area contributed by atoms with Gasteiger partial charge in [0.2, 0.25) is 0 Å². The van der Waals surface area contributed by atoms with Crippen LogP contribution in [0.4, 0.5) is 0 Å². The largest absolute Gasteiger partial charge is 0.324 e. The van der Waals surface area contributed by atoms with Crippen LogP contribution in [0, 0.1) is 0 Å². The molecule has 1 atom stereocenters. The second kappa shape index (κ2) is 6.05. The molecule has 1 unspecified atom stereocenters. The van der Waals surface area contributed by atoms with Crippen molar-refractivity contribution in [3.05, 3.63) is 33.8 Å². The third-order valence-corrected chi connectivity index (χ3v) is 3.03. The standard InChI is InChI=1S/C13H20Cl2N2/c1-9(17-8-13(2,3)16)6-10-4-5-11(14)7-12(10)15/h4-5,7,9,17H,6,8,16H2,1-3H3. The molecule has 0 spiro atoms. The van der Waals surface area contributed by atoms with Crippen molar-refractivity contribution in [3.63, 3.8) is 0 Å². The Morgan fingerprint density at radius 1 is 1.35 bits per heavy atom. The highest BCUT2D eigenvalue weighted by atomic mass is 35.5. The topological polar surface area (TPSA) is 38.0 Å². The van der Waals surface area contributed by atoms with Crippen molar-refractivity contribution in [2.75, 3.05) is 6.54 Å². The first-order chi connectivity index (χ1) is 7.78. The maximum Gasteiger partial charge on any atom is 0.0453 e. The molecule has 96 valence electrons. The predicted octanol–water partition coefficient (Wildman–Crippen LogP) is 3.25. The van der Waals surface area contributed by atoms with E-state index in [-0.39, 0.29) is 5.54 Å². The maximum absolute atomic E-state index is 6.13. The molecule has 0 aromatic heterocycles. The zero-order valence-electron chi connectivity index (χ0n) is 10.6. The molecule has 0 radical (unpaired) electrons. The number of nitrogens with one attached hydrogen (secondary N) is 1. The van der Waals surface area contributed by atoms with Crippen molar-refractivity contribution in [2.45, 2.75) is 38.8 Å². The van der Waals surface area contributed by atoms with Crippen LogP contribution in [-0.2, 0) is 6.42 Å². The molecular formula is C13H20Cl2N2. The molecule has 0 aliphatic carbocycles. The first-order valence-electron chi connectivity index (χ1n) is 5.74. The highest BCUT2D eigenvalue weighted by molar-refractivity contribution is 6.35. The first kappa shape index (κ1) is 14.8. The molecule has 0 aliphatic rings. The summed E-state index contributed by atoms with van der Waals surface area (Å²) < 4.78 is 0. The van der Waals surface area contributed by atoms with E-state index in [0.29, 0.717) is 11.1 Å². The Bertz CT molecular complexity index is 372. The normalized spacial score (nSPS) is 13.8. The molecule has 0 aliphatic heterocycles. The van der Waals surface area contributed by atoms with Gasteiger partial charge < -0.3 is 11.1 Å². The average Bonchev–Trinajstić information content (AvgIpc) is 2.18. The third kappa shape index (κ3) is 5.73. The van der Waals surface area contributed by atoms with E-state index in [4.69, 9.17) is 28.9 Å². The summed E-state index contributed by atoms with van der Waals surface area (Å²) in [5, 5.41) is 4.79. The molecule has 0 bridgehead atoms. The van der Waals surface area contributed by atoms with E-state index in [9.17, 15) is 0 Å². The Balaban J connectivity index is 2.53. The molecule has 0 saturated heterocycles. The SMILES string of the molecule is CC(Cc1ccc(Cl)cc1Cl)NCC(C)(C)N. The van der Waals surface area contributed by atoms with Crippen LogP contribution in [0.3, 0.4) is 0 Å². The van der Waals surface area contributed by atoms with Crippen molar-refractivity contribution in [2.24, 2.45) is 5.73 Å². The van der Waals surface area contributed by atoms with E-state index in [1.54, 1.807) is 6.07 Å². The van der Waals surface area contributed by atoms with Gasteiger partial charge >= 0.3 is 0 Å². The zero-order chi connectivity index (χ0) is 13.1. The summed E-state index contributed by atoms with van der Waals surface area (Å²) in [5.41, 5.74) is 6.83. The van der Waals surface area contributed by atoms with Crippen LogP contribution in [0.15, 0.2) is 18.2 Å². The van der Waals surface area contributed by atoms with Gasteiger partial charge in [-0.25, -0.2) is 0 Å². The molecule has 0 saturated carbocycles. The van der Waals surface area contributed by atoms with Crippen LogP contribution in [0.2, 0.25) is 10.0 Å². The highest BCUT2D eigenvalue weighted by Crippen LogP contribution is 2.22. The van der Waals surface area contributed by atoms with Gasteiger partial charge in [-0.05, 0) is 44.9 Å². The first-order valence-corrected chi connectivity index (χ1v) is 6.50. The molecule has 17 heavy (non-hydrogen) atoms. The van der Waals surface area contributed by atoms with E-state index < -0.39 is 0 Å². The Morgan fingerprint density at radius 3 is 2.53 bits per heavy atom. The van der Waals surface area contributed by atoms with E-state index in [1.165, 1.54) is 0 Å². The smallest absolute Gasteiger partial charge is 0.0453 e. The minimum absolute atomic E-state index is 0.196. The molecule has 4 heteroatoms. The minimum Gasteiger partial charge on any atom is -0.324 e. The predicted molar refractivity (Wildman–Crippen MR) is 75.9 cm³/mol. The summed E-state index contributed by atoms with van der Waals surface area (Å²) in [6.45, 7) is 6.90. The van der Waals surface area contributed by atoms with Gasteiger partial charge in [0.15, 0.2) is 0 Å². The molecule has 1 rings (SSSR count). The van der Waals surface area contributed by atoms with Crippen LogP contribution in [0.5, 0.6) is 0 Å². The van der Waals surface area contributed by atoms with Crippen LogP contribution < -0.4 is 11.1 Å². The molecule has 0 heterocycles. The summed E-state index contributed by atoms with van der Waals surface area (Å²) in [4.78, 5) is 0. The number of hydrogen-bond donors (Lipinski definition) is 2. The molecular weight excluding hydrogens is 255 g/mol. The van der Waals surface area contributed by atoms with Gasteiger partial charge in [0.1, 0.15) is 0 Å². The van der Waals surface area contributed by atoms with E-state index in [0.717, 1.165) is 23.6 Å². The fourth-order valence-corrected chi connectivity index (χ4v) is 2.01. The van der Waals surface area contributed by atoms with Crippen LogP contribution in [0.25, 0.3) is 0 Å². The van der Waals surface area contributed by atoms with E-state index >= 15 is 0 Å². The average molecular weight is 275 g/mol. The molecule has 1 aromatic rings.